The number of aliphatic hydroxyl groups excluding tert-OH is 1. The number of aliphatic hydroxyl groups is 1. The molecule has 0 spiro atoms. The first-order chi connectivity index (χ1) is 15.0. The van der Waals surface area contributed by atoms with Gasteiger partial charge in [0.25, 0.3) is 0 Å². The Morgan fingerprint density at radius 2 is 1.91 bits per heavy atom. The summed E-state index contributed by atoms with van der Waals surface area (Å²) in [5.41, 5.74) is -1.45. The van der Waals surface area contributed by atoms with Crippen LogP contribution in [0.1, 0.15) is 17.5 Å². The fraction of sp³-hybridized carbons (Fsp3) is 0.400. The van der Waals surface area contributed by atoms with E-state index in [0.717, 1.165) is 12.1 Å². The summed E-state index contributed by atoms with van der Waals surface area (Å²) < 4.78 is 85.3. The molecule has 3 aromatic rings. The van der Waals surface area contributed by atoms with Gasteiger partial charge in [-0.25, -0.2) is 0 Å². The maximum Gasteiger partial charge on any atom is 0.416 e. The van der Waals surface area contributed by atoms with Crippen LogP contribution in [0.5, 0.6) is 0 Å². The number of aromatic nitrogens is 3. The van der Waals surface area contributed by atoms with E-state index in [4.69, 9.17) is 4.74 Å². The van der Waals surface area contributed by atoms with Gasteiger partial charge in [0, 0.05) is 18.4 Å². The fourth-order valence-electron chi connectivity index (χ4n) is 3.67. The van der Waals surface area contributed by atoms with Gasteiger partial charge in [0.15, 0.2) is 0 Å². The molecule has 1 aromatic carbocycles. The topological polar surface area (TPSA) is 71.7 Å². The van der Waals surface area contributed by atoms with Crippen LogP contribution in [0.15, 0.2) is 36.5 Å². The molecule has 12 heteroatoms. The van der Waals surface area contributed by atoms with Gasteiger partial charge in [-0.15, -0.1) is 10.2 Å². The van der Waals surface area contributed by atoms with Crippen molar-refractivity contribution in [1.82, 2.24) is 14.6 Å². The van der Waals surface area contributed by atoms with Crippen LogP contribution < -0.4 is 5.32 Å². The molecule has 1 fully saturated rings. The number of halogens is 6. The van der Waals surface area contributed by atoms with E-state index in [9.17, 15) is 31.4 Å². The highest BCUT2D eigenvalue weighted by Gasteiger charge is 2.35. The first-order valence-electron chi connectivity index (χ1n) is 9.66. The third-order valence-electron chi connectivity index (χ3n) is 5.18. The molecule has 6 nitrogen and oxygen atoms in total. The third-order valence-corrected chi connectivity index (χ3v) is 5.18. The molecule has 0 saturated carbocycles. The summed E-state index contributed by atoms with van der Waals surface area (Å²) in [7, 11) is 0. The van der Waals surface area contributed by atoms with E-state index in [0.29, 0.717) is 24.6 Å². The lowest BCUT2D eigenvalue weighted by atomic mass is 9.98. The van der Waals surface area contributed by atoms with Gasteiger partial charge in [-0.2, -0.15) is 26.3 Å². The molecule has 0 unspecified atom stereocenters. The molecule has 2 aromatic heterocycles. The fourth-order valence-corrected chi connectivity index (χ4v) is 3.67. The summed E-state index contributed by atoms with van der Waals surface area (Å²) in [6, 6.07) is 5.01. The summed E-state index contributed by atoms with van der Waals surface area (Å²) in [5.74, 6) is 0.240. The van der Waals surface area contributed by atoms with Crippen molar-refractivity contribution in [3.05, 3.63) is 47.7 Å². The van der Waals surface area contributed by atoms with Crippen LogP contribution in [0.25, 0.3) is 16.8 Å². The Morgan fingerprint density at radius 3 is 2.59 bits per heavy atom. The summed E-state index contributed by atoms with van der Waals surface area (Å²) in [4.78, 5) is 0. The molecule has 1 aliphatic heterocycles. The number of nitrogens with one attached hydrogen (secondary N) is 1. The number of alkyl halides is 6. The summed E-state index contributed by atoms with van der Waals surface area (Å²) in [6.07, 6.45) is -9.74. The normalized spacial score (nSPS) is 20.0. The number of hydrogen-bond acceptors (Lipinski definition) is 5. The second-order valence-electron chi connectivity index (χ2n) is 7.48. The monoisotopic (exact) mass is 460 g/mol. The number of rotatable bonds is 4. The molecule has 0 amide bonds. The molecular formula is C20H18F6N4O2. The average molecular weight is 460 g/mol. The van der Waals surface area contributed by atoms with Crippen LogP contribution >= 0.6 is 0 Å². The highest BCUT2D eigenvalue weighted by Crippen LogP contribution is 2.36. The number of fused-ring (bicyclic) bond motifs is 1. The summed E-state index contributed by atoms with van der Waals surface area (Å²) >= 11 is 0. The predicted molar refractivity (Wildman–Crippen MR) is 102 cm³/mol. The van der Waals surface area contributed by atoms with E-state index in [2.05, 4.69) is 15.5 Å². The third kappa shape index (κ3) is 4.65. The second-order valence-corrected chi connectivity index (χ2v) is 7.48. The molecule has 1 saturated heterocycles. The van der Waals surface area contributed by atoms with Crippen molar-refractivity contribution in [3.63, 3.8) is 0 Å². The largest absolute Gasteiger partial charge is 0.416 e. The Morgan fingerprint density at radius 1 is 1.12 bits per heavy atom. The van der Waals surface area contributed by atoms with Gasteiger partial charge >= 0.3 is 12.4 Å². The maximum absolute atomic E-state index is 13.1. The molecule has 4 rings (SSSR count). The Bertz CT molecular complexity index is 1110. The summed E-state index contributed by atoms with van der Waals surface area (Å²) in [5, 5.41) is 21.2. The van der Waals surface area contributed by atoms with Crippen molar-refractivity contribution in [3.8, 4) is 11.3 Å². The molecule has 2 N–H and O–H groups in total. The van der Waals surface area contributed by atoms with Gasteiger partial charge < -0.3 is 15.2 Å². The van der Waals surface area contributed by atoms with Crippen LogP contribution in [0.4, 0.5) is 32.3 Å². The Kier molecular flexibility index (Phi) is 5.76. The minimum Gasteiger partial charge on any atom is -0.389 e. The first kappa shape index (κ1) is 22.3. The molecule has 172 valence electrons. The highest BCUT2D eigenvalue weighted by molar-refractivity contribution is 5.80. The Hall–Kier alpha value is -2.86. The van der Waals surface area contributed by atoms with Crippen molar-refractivity contribution < 1.29 is 36.2 Å². The zero-order valence-electron chi connectivity index (χ0n) is 16.4. The van der Waals surface area contributed by atoms with E-state index in [-0.39, 0.29) is 29.9 Å². The lowest BCUT2D eigenvalue weighted by Gasteiger charge is -2.28. The van der Waals surface area contributed by atoms with E-state index in [1.165, 1.54) is 4.40 Å². The van der Waals surface area contributed by atoms with E-state index in [1.54, 1.807) is 18.3 Å². The molecule has 0 radical (unpaired) electrons. The predicted octanol–water partition coefficient (Wildman–Crippen LogP) is 4.08. The van der Waals surface area contributed by atoms with Crippen molar-refractivity contribution in [2.75, 3.05) is 18.5 Å². The standard InChI is InChI=1S/C20H18F6N4O2/c21-19(22,23)9-11-8-12(20(24,25)26)3-4-13(11)17-15-2-1-6-30(15)18(29-28-17)27-14-5-7-32-10-16(14)31/h1-4,6,8,14,16,31H,5,7,9-10H2,(H,27,29)/t14-,16-/m0/s1. The van der Waals surface area contributed by atoms with Crippen molar-refractivity contribution >= 4 is 11.5 Å². The molecular weight excluding hydrogens is 442 g/mol. The van der Waals surface area contributed by atoms with Crippen molar-refractivity contribution in [2.24, 2.45) is 0 Å². The molecule has 0 aliphatic carbocycles. The first-order valence-corrected chi connectivity index (χ1v) is 9.66. The van der Waals surface area contributed by atoms with Gasteiger partial charge in [0.05, 0.1) is 36.3 Å². The molecule has 1 aliphatic rings. The van der Waals surface area contributed by atoms with Crippen LogP contribution in [0.2, 0.25) is 0 Å². The smallest absolute Gasteiger partial charge is 0.389 e. The Labute approximate surface area is 177 Å². The number of anilines is 1. The molecule has 3 heterocycles. The van der Waals surface area contributed by atoms with Gasteiger partial charge in [0.1, 0.15) is 5.69 Å². The van der Waals surface area contributed by atoms with Gasteiger partial charge in [-0.1, -0.05) is 6.07 Å². The molecule has 0 bridgehead atoms. The number of hydrogen-bond donors (Lipinski definition) is 2. The maximum atomic E-state index is 13.1. The quantitative estimate of drug-likeness (QED) is 0.575. The van der Waals surface area contributed by atoms with Crippen LogP contribution in [-0.2, 0) is 17.3 Å². The minimum atomic E-state index is -4.78. The SMILES string of the molecule is O[C@H]1COCC[C@@H]1Nc1nnc(-c2ccc(C(F)(F)F)cc2CC(F)(F)F)c2cccn12. The van der Waals surface area contributed by atoms with E-state index >= 15 is 0 Å². The minimum absolute atomic E-state index is 0.0149. The molecule has 32 heavy (non-hydrogen) atoms. The van der Waals surface area contributed by atoms with Crippen LogP contribution in [-0.4, -0.2) is 51.2 Å². The van der Waals surface area contributed by atoms with E-state index in [1.807, 2.05) is 0 Å². The summed E-state index contributed by atoms with van der Waals surface area (Å²) in [6.45, 7) is 0.575. The number of nitrogens with zero attached hydrogens (tertiary/aromatic N) is 3. The number of ether oxygens (including phenoxy) is 1. The average Bonchev–Trinajstić information content (AvgIpc) is 3.19. The zero-order valence-corrected chi connectivity index (χ0v) is 16.4. The number of benzene rings is 1. The van der Waals surface area contributed by atoms with Crippen molar-refractivity contribution in [2.45, 2.75) is 37.3 Å². The highest BCUT2D eigenvalue weighted by atomic mass is 19.4. The lowest BCUT2D eigenvalue weighted by Crippen LogP contribution is -2.42. The lowest BCUT2D eigenvalue weighted by molar-refractivity contribution is -0.138. The molecule has 2 atom stereocenters. The van der Waals surface area contributed by atoms with Gasteiger partial charge in [0.2, 0.25) is 5.95 Å². The van der Waals surface area contributed by atoms with Crippen molar-refractivity contribution in [1.29, 1.82) is 0 Å². The Balaban J connectivity index is 1.77. The van der Waals surface area contributed by atoms with Gasteiger partial charge in [-0.05, 0) is 36.2 Å². The van der Waals surface area contributed by atoms with Gasteiger partial charge in [-0.3, -0.25) is 4.40 Å². The van der Waals surface area contributed by atoms with Crippen LogP contribution in [0.3, 0.4) is 0 Å². The zero-order chi connectivity index (χ0) is 23.1. The second kappa shape index (κ2) is 8.24. The van der Waals surface area contributed by atoms with E-state index < -0.39 is 36.0 Å². The van der Waals surface area contributed by atoms with Crippen LogP contribution in [0, 0.1) is 0 Å².